The zero-order chi connectivity index (χ0) is 18.7. The lowest BCUT2D eigenvalue weighted by Gasteiger charge is -2.30. The van der Waals surface area contributed by atoms with Gasteiger partial charge in [-0.1, -0.05) is 30.3 Å². The number of aliphatic hydroxyl groups excluding tert-OH is 1. The SMILES string of the molecule is CC(C)(C)OC(=O)N1Cc2c(-c3ccccc3)ccnc2OCC1CO. The molecule has 2 heterocycles. The summed E-state index contributed by atoms with van der Waals surface area (Å²) in [5, 5.41) is 9.75. The molecule has 26 heavy (non-hydrogen) atoms. The summed E-state index contributed by atoms with van der Waals surface area (Å²) in [5.41, 5.74) is 2.15. The molecule has 0 radical (unpaired) electrons. The van der Waals surface area contributed by atoms with Gasteiger partial charge in [-0.15, -0.1) is 0 Å². The largest absolute Gasteiger partial charge is 0.475 e. The second kappa shape index (κ2) is 7.33. The van der Waals surface area contributed by atoms with Crippen LogP contribution in [0.4, 0.5) is 4.79 Å². The van der Waals surface area contributed by atoms with E-state index in [0.717, 1.165) is 16.7 Å². The Hall–Kier alpha value is -2.60. The van der Waals surface area contributed by atoms with Gasteiger partial charge in [-0.25, -0.2) is 9.78 Å². The maximum atomic E-state index is 12.7. The molecule has 1 aliphatic heterocycles. The van der Waals surface area contributed by atoms with Crippen molar-refractivity contribution >= 4 is 6.09 Å². The monoisotopic (exact) mass is 356 g/mol. The van der Waals surface area contributed by atoms with Crippen LogP contribution in [0.2, 0.25) is 0 Å². The first-order chi connectivity index (χ1) is 12.4. The smallest absolute Gasteiger partial charge is 0.411 e. The zero-order valence-electron chi connectivity index (χ0n) is 15.3. The van der Waals surface area contributed by atoms with E-state index in [2.05, 4.69) is 4.98 Å². The number of nitrogens with zero attached hydrogens (tertiary/aromatic N) is 2. The van der Waals surface area contributed by atoms with E-state index in [1.807, 2.05) is 57.2 Å². The number of carbonyl (C=O) groups excluding carboxylic acids is 1. The van der Waals surface area contributed by atoms with Crippen LogP contribution in [0.15, 0.2) is 42.6 Å². The molecule has 0 saturated carbocycles. The maximum absolute atomic E-state index is 12.7. The second-order valence-electron chi connectivity index (χ2n) is 7.26. The fourth-order valence-corrected chi connectivity index (χ4v) is 2.89. The topological polar surface area (TPSA) is 71.9 Å². The molecule has 0 saturated heterocycles. The van der Waals surface area contributed by atoms with E-state index in [0.29, 0.717) is 5.88 Å². The van der Waals surface area contributed by atoms with Crippen molar-refractivity contribution in [1.82, 2.24) is 9.88 Å². The molecular weight excluding hydrogens is 332 g/mol. The summed E-state index contributed by atoms with van der Waals surface area (Å²) in [5.74, 6) is 0.482. The Morgan fingerprint density at radius 3 is 2.69 bits per heavy atom. The number of hydrogen-bond donors (Lipinski definition) is 1. The van der Waals surface area contributed by atoms with E-state index in [-0.39, 0.29) is 19.8 Å². The molecule has 138 valence electrons. The second-order valence-corrected chi connectivity index (χ2v) is 7.26. The molecule has 6 nitrogen and oxygen atoms in total. The molecule has 0 spiro atoms. The van der Waals surface area contributed by atoms with Crippen LogP contribution in [-0.2, 0) is 11.3 Å². The lowest BCUT2D eigenvalue weighted by Crippen LogP contribution is -2.46. The van der Waals surface area contributed by atoms with Crippen molar-refractivity contribution in [2.24, 2.45) is 0 Å². The highest BCUT2D eigenvalue weighted by Crippen LogP contribution is 2.33. The first kappa shape index (κ1) is 18.2. The minimum Gasteiger partial charge on any atom is -0.475 e. The fourth-order valence-electron chi connectivity index (χ4n) is 2.89. The van der Waals surface area contributed by atoms with E-state index >= 15 is 0 Å². The van der Waals surface area contributed by atoms with E-state index in [9.17, 15) is 9.90 Å². The Kier molecular flexibility index (Phi) is 5.13. The molecule has 1 amide bonds. The molecule has 2 aromatic rings. The van der Waals surface area contributed by atoms with Gasteiger partial charge in [0, 0.05) is 11.8 Å². The summed E-state index contributed by atoms with van der Waals surface area (Å²) < 4.78 is 11.3. The van der Waals surface area contributed by atoms with Crippen molar-refractivity contribution in [1.29, 1.82) is 0 Å². The van der Waals surface area contributed by atoms with Gasteiger partial charge < -0.3 is 14.6 Å². The third-order valence-electron chi connectivity index (χ3n) is 4.12. The number of rotatable bonds is 2. The molecular formula is C20H24N2O4. The van der Waals surface area contributed by atoms with Crippen LogP contribution in [-0.4, -0.2) is 45.9 Å². The van der Waals surface area contributed by atoms with Gasteiger partial charge in [0.1, 0.15) is 12.2 Å². The van der Waals surface area contributed by atoms with Crippen LogP contribution < -0.4 is 4.74 Å². The Morgan fingerprint density at radius 2 is 2.04 bits per heavy atom. The van der Waals surface area contributed by atoms with Gasteiger partial charge in [0.15, 0.2) is 0 Å². The number of pyridine rings is 1. The van der Waals surface area contributed by atoms with Gasteiger partial charge in [0.2, 0.25) is 5.88 Å². The Labute approximate surface area is 153 Å². The van der Waals surface area contributed by atoms with Crippen molar-refractivity contribution in [2.45, 2.75) is 39.0 Å². The van der Waals surface area contributed by atoms with Crippen LogP contribution in [0, 0.1) is 0 Å². The van der Waals surface area contributed by atoms with E-state index < -0.39 is 17.7 Å². The molecule has 1 aromatic carbocycles. The van der Waals surface area contributed by atoms with Crippen molar-refractivity contribution in [3.63, 3.8) is 0 Å². The fraction of sp³-hybridized carbons (Fsp3) is 0.400. The average molecular weight is 356 g/mol. The molecule has 1 aliphatic rings. The lowest BCUT2D eigenvalue weighted by atomic mass is 10.0. The van der Waals surface area contributed by atoms with E-state index in [4.69, 9.17) is 9.47 Å². The molecule has 1 atom stereocenters. The average Bonchev–Trinajstić information content (AvgIpc) is 2.80. The summed E-state index contributed by atoms with van der Waals surface area (Å²) in [6.07, 6.45) is 1.22. The number of carbonyl (C=O) groups is 1. The summed E-state index contributed by atoms with van der Waals surface area (Å²) in [7, 11) is 0. The molecule has 1 unspecified atom stereocenters. The summed E-state index contributed by atoms with van der Waals surface area (Å²) in [6.45, 7) is 5.66. The number of fused-ring (bicyclic) bond motifs is 1. The first-order valence-corrected chi connectivity index (χ1v) is 8.65. The molecule has 6 heteroatoms. The van der Waals surface area contributed by atoms with Crippen LogP contribution in [0.25, 0.3) is 11.1 Å². The highest BCUT2D eigenvalue weighted by Gasteiger charge is 2.33. The Morgan fingerprint density at radius 1 is 1.31 bits per heavy atom. The molecule has 1 aromatic heterocycles. The highest BCUT2D eigenvalue weighted by molar-refractivity contribution is 5.72. The van der Waals surface area contributed by atoms with Gasteiger partial charge in [-0.2, -0.15) is 0 Å². The van der Waals surface area contributed by atoms with Crippen LogP contribution in [0.5, 0.6) is 5.88 Å². The standard InChI is InChI=1S/C20H24N2O4/c1-20(2,3)26-19(24)22-11-17-16(14-7-5-4-6-8-14)9-10-21-18(17)25-13-15(22)12-23/h4-10,15,23H,11-13H2,1-3H3. The van der Waals surface area contributed by atoms with Crippen LogP contribution >= 0.6 is 0 Å². The number of benzene rings is 1. The lowest BCUT2D eigenvalue weighted by molar-refractivity contribution is 0.00299. The summed E-state index contributed by atoms with van der Waals surface area (Å²) >= 11 is 0. The van der Waals surface area contributed by atoms with Gasteiger partial charge in [-0.05, 0) is 38.0 Å². The number of hydrogen-bond acceptors (Lipinski definition) is 5. The van der Waals surface area contributed by atoms with Gasteiger partial charge in [-0.3, -0.25) is 4.90 Å². The predicted octanol–water partition coefficient (Wildman–Crippen LogP) is 3.24. The van der Waals surface area contributed by atoms with E-state index in [1.54, 1.807) is 6.20 Å². The summed E-state index contributed by atoms with van der Waals surface area (Å²) in [4.78, 5) is 18.5. The first-order valence-electron chi connectivity index (χ1n) is 8.65. The third kappa shape index (κ3) is 3.96. The van der Waals surface area contributed by atoms with Crippen molar-refractivity contribution in [3.05, 3.63) is 48.2 Å². The van der Waals surface area contributed by atoms with Gasteiger partial charge in [0.05, 0.1) is 19.2 Å². The number of aromatic nitrogens is 1. The third-order valence-corrected chi connectivity index (χ3v) is 4.12. The Bertz CT molecular complexity index is 771. The van der Waals surface area contributed by atoms with Crippen molar-refractivity contribution in [3.8, 4) is 17.0 Å². The van der Waals surface area contributed by atoms with Crippen molar-refractivity contribution < 1.29 is 19.4 Å². The van der Waals surface area contributed by atoms with Crippen LogP contribution in [0.3, 0.4) is 0 Å². The number of aliphatic hydroxyl groups is 1. The minimum absolute atomic E-state index is 0.161. The number of ether oxygens (including phenoxy) is 2. The highest BCUT2D eigenvalue weighted by atomic mass is 16.6. The molecule has 0 aliphatic carbocycles. The predicted molar refractivity (Wildman–Crippen MR) is 97.8 cm³/mol. The van der Waals surface area contributed by atoms with Gasteiger partial charge in [0.25, 0.3) is 0 Å². The van der Waals surface area contributed by atoms with Gasteiger partial charge >= 0.3 is 6.09 Å². The van der Waals surface area contributed by atoms with Crippen LogP contribution in [0.1, 0.15) is 26.3 Å². The van der Waals surface area contributed by atoms with E-state index in [1.165, 1.54) is 4.90 Å². The molecule has 3 rings (SSSR count). The normalized spacial score (nSPS) is 17.1. The molecule has 0 fully saturated rings. The number of amides is 1. The quantitative estimate of drug-likeness (QED) is 0.894. The van der Waals surface area contributed by atoms with Crippen molar-refractivity contribution in [2.75, 3.05) is 13.2 Å². The zero-order valence-corrected chi connectivity index (χ0v) is 15.3. The summed E-state index contributed by atoms with van der Waals surface area (Å²) in [6, 6.07) is 11.3. The molecule has 1 N–H and O–H groups in total. The molecule has 0 bridgehead atoms. The maximum Gasteiger partial charge on any atom is 0.411 e. The minimum atomic E-state index is -0.621. The Balaban J connectivity index is 2.00.